The molecule has 1 aliphatic carbocycles. The highest BCUT2D eigenvalue weighted by atomic mass is 16.5. The fraction of sp³-hybridized carbons (Fsp3) is 0.462. The molecule has 0 saturated carbocycles. The molecule has 0 atom stereocenters. The number of ketones is 1. The van der Waals surface area contributed by atoms with E-state index in [1.807, 2.05) is 25.1 Å². The number of fused-ring (bicyclic) bond motifs is 1. The average molecular weight is 204 g/mol. The molecular formula is C13H16O2. The van der Waals surface area contributed by atoms with Crippen LogP contribution in [0.4, 0.5) is 0 Å². The van der Waals surface area contributed by atoms with Crippen LogP contribution >= 0.6 is 0 Å². The number of aryl methyl sites for hydroxylation is 1. The lowest BCUT2D eigenvalue weighted by Gasteiger charge is -2.11. The van der Waals surface area contributed by atoms with Gasteiger partial charge in [0.05, 0.1) is 12.2 Å². The molecule has 0 radical (unpaired) electrons. The lowest BCUT2D eigenvalue weighted by atomic mass is 10.0. The highest BCUT2D eigenvalue weighted by Crippen LogP contribution is 2.28. The summed E-state index contributed by atoms with van der Waals surface area (Å²) >= 11 is 0. The maximum Gasteiger partial charge on any atom is 0.166 e. The summed E-state index contributed by atoms with van der Waals surface area (Å²) in [6.07, 6.45) is 3.77. The number of hydrogen-bond acceptors (Lipinski definition) is 2. The SMILES string of the molecule is CCOc1cccc2c1C(=O)CCCC2. The number of carbonyl (C=O) groups is 1. The largest absolute Gasteiger partial charge is 0.493 e. The average Bonchev–Trinajstić information content (AvgIpc) is 2.42. The van der Waals surface area contributed by atoms with Gasteiger partial charge in [0.15, 0.2) is 5.78 Å². The third-order valence-corrected chi connectivity index (χ3v) is 2.79. The first-order valence-electron chi connectivity index (χ1n) is 5.61. The van der Waals surface area contributed by atoms with E-state index in [4.69, 9.17) is 4.74 Å². The predicted octanol–water partition coefficient (Wildman–Crippen LogP) is 2.99. The lowest BCUT2D eigenvalue weighted by molar-refractivity contribution is 0.0978. The quantitative estimate of drug-likeness (QED) is 0.692. The number of ether oxygens (including phenoxy) is 1. The van der Waals surface area contributed by atoms with Crippen LogP contribution in [-0.4, -0.2) is 12.4 Å². The van der Waals surface area contributed by atoms with Gasteiger partial charge in [-0.3, -0.25) is 4.79 Å². The zero-order chi connectivity index (χ0) is 10.7. The number of carbonyl (C=O) groups excluding carboxylic acids is 1. The van der Waals surface area contributed by atoms with E-state index in [0.717, 1.165) is 36.1 Å². The van der Waals surface area contributed by atoms with Gasteiger partial charge in [0, 0.05) is 6.42 Å². The third-order valence-electron chi connectivity index (χ3n) is 2.79. The molecule has 0 saturated heterocycles. The summed E-state index contributed by atoms with van der Waals surface area (Å²) in [5, 5.41) is 0. The van der Waals surface area contributed by atoms with Crippen molar-refractivity contribution in [1.82, 2.24) is 0 Å². The molecule has 0 N–H and O–H groups in total. The molecule has 2 rings (SSSR count). The maximum absolute atomic E-state index is 11.9. The van der Waals surface area contributed by atoms with Gasteiger partial charge in [-0.25, -0.2) is 0 Å². The molecule has 0 bridgehead atoms. The molecule has 2 nitrogen and oxygen atoms in total. The Labute approximate surface area is 90.3 Å². The smallest absolute Gasteiger partial charge is 0.166 e. The second-order valence-electron chi connectivity index (χ2n) is 3.85. The van der Waals surface area contributed by atoms with Gasteiger partial charge in [0.1, 0.15) is 5.75 Å². The highest BCUT2D eigenvalue weighted by molar-refractivity contribution is 6.00. The summed E-state index contributed by atoms with van der Waals surface area (Å²) in [5.74, 6) is 1.01. The first-order chi connectivity index (χ1) is 7.33. The van der Waals surface area contributed by atoms with Crippen LogP contribution in [0.25, 0.3) is 0 Å². The minimum Gasteiger partial charge on any atom is -0.493 e. The monoisotopic (exact) mass is 204 g/mol. The van der Waals surface area contributed by atoms with Gasteiger partial charge < -0.3 is 4.74 Å². The second kappa shape index (κ2) is 4.47. The van der Waals surface area contributed by atoms with Crippen LogP contribution in [0.5, 0.6) is 5.75 Å². The van der Waals surface area contributed by atoms with Gasteiger partial charge in [-0.1, -0.05) is 12.1 Å². The van der Waals surface area contributed by atoms with Crippen LogP contribution in [0, 0.1) is 0 Å². The number of benzene rings is 1. The van der Waals surface area contributed by atoms with E-state index in [2.05, 4.69) is 0 Å². The van der Waals surface area contributed by atoms with Gasteiger partial charge in [-0.05, 0) is 37.8 Å². The number of Topliss-reactive ketones (excluding diaryl/α,β-unsaturated/α-hetero) is 1. The van der Waals surface area contributed by atoms with E-state index in [0.29, 0.717) is 13.0 Å². The molecule has 2 heteroatoms. The van der Waals surface area contributed by atoms with Gasteiger partial charge >= 0.3 is 0 Å². The Morgan fingerprint density at radius 3 is 2.87 bits per heavy atom. The molecule has 0 aliphatic heterocycles. The molecule has 1 aromatic carbocycles. The van der Waals surface area contributed by atoms with Crippen molar-refractivity contribution < 1.29 is 9.53 Å². The number of hydrogen-bond donors (Lipinski definition) is 0. The molecule has 15 heavy (non-hydrogen) atoms. The first-order valence-corrected chi connectivity index (χ1v) is 5.61. The standard InChI is InChI=1S/C13H16O2/c1-2-15-12-9-5-7-10-6-3-4-8-11(14)13(10)12/h5,7,9H,2-4,6,8H2,1H3. The van der Waals surface area contributed by atoms with Crippen LogP contribution in [0.3, 0.4) is 0 Å². The molecule has 80 valence electrons. The topological polar surface area (TPSA) is 26.3 Å². The maximum atomic E-state index is 11.9. The lowest BCUT2D eigenvalue weighted by Crippen LogP contribution is -2.05. The Bertz CT molecular complexity index is 369. The van der Waals surface area contributed by atoms with Crippen molar-refractivity contribution in [3.05, 3.63) is 29.3 Å². The van der Waals surface area contributed by atoms with E-state index in [9.17, 15) is 4.79 Å². The van der Waals surface area contributed by atoms with Crippen LogP contribution in [0.15, 0.2) is 18.2 Å². The van der Waals surface area contributed by atoms with Crippen molar-refractivity contribution >= 4 is 5.78 Å². The van der Waals surface area contributed by atoms with Crippen molar-refractivity contribution in [2.75, 3.05) is 6.61 Å². The molecule has 0 aromatic heterocycles. The minimum absolute atomic E-state index is 0.242. The van der Waals surface area contributed by atoms with Crippen LogP contribution in [0.1, 0.15) is 42.1 Å². The molecule has 1 aromatic rings. The normalized spacial score (nSPS) is 15.7. The summed E-state index contributed by atoms with van der Waals surface area (Å²) < 4.78 is 5.51. The molecule has 0 fully saturated rings. The van der Waals surface area contributed by atoms with Gasteiger partial charge in [-0.2, -0.15) is 0 Å². The summed E-state index contributed by atoms with van der Waals surface area (Å²) in [5.41, 5.74) is 1.99. The molecule has 0 heterocycles. The van der Waals surface area contributed by atoms with Crippen molar-refractivity contribution in [3.8, 4) is 5.75 Å². The minimum atomic E-state index is 0.242. The van der Waals surface area contributed by atoms with Gasteiger partial charge in [-0.15, -0.1) is 0 Å². The van der Waals surface area contributed by atoms with E-state index in [-0.39, 0.29) is 5.78 Å². The Balaban J connectivity index is 2.45. The molecular weight excluding hydrogens is 188 g/mol. The molecule has 1 aliphatic rings. The Morgan fingerprint density at radius 2 is 2.07 bits per heavy atom. The molecule has 0 spiro atoms. The van der Waals surface area contributed by atoms with Gasteiger partial charge in [0.2, 0.25) is 0 Å². The Kier molecular flexibility index (Phi) is 3.05. The molecule has 0 amide bonds. The zero-order valence-corrected chi connectivity index (χ0v) is 9.08. The number of rotatable bonds is 2. The predicted molar refractivity (Wildman–Crippen MR) is 59.5 cm³/mol. The fourth-order valence-electron chi connectivity index (χ4n) is 2.10. The van der Waals surface area contributed by atoms with Crippen molar-refractivity contribution in [2.45, 2.75) is 32.6 Å². The van der Waals surface area contributed by atoms with E-state index >= 15 is 0 Å². The first kappa shape index (κ1) is 10.2. The zero-order valence-electron chi connectivity index (χ0n) is 9.08. The van der Waals surface area contributed by atoms with Crippen LogP contribution in [0.2, 0.25) is 0 Å². The van der Waals surface area contributed by atoms with Crippen molar-refractivity contribution in [1.29, 1.82) is 0 Å². The summed E-state index contributed by atoms with van der Waals surface area (Å²) in [4.78, 5) is 11.9. The van der Waals surface area contributed by atoms with Crippen molar-refractivity contribution in [2.24, 2.45) is 0 Å². The fourth-order valence-corrected chi connectivity index (χ4v) is 2.10. The van der Waals surface area contributed by atoms with E-state index in [1.54, 1.807) is 0 Å². The third kappa shape index (κ3) is 2.04. The second-order valence-corrected chi connectivity index (χ2v) is 3.85. The van der Waals surface area contributed by atoms with Gasteiger partial charge in [0.25, 0.3) is 0 Å². The summed E-state index contributed by atoms with van der Waals surface area (Å²) in [6, 6.07) is 5.91. The van der Waals surface area contributed by atoms with Crippen molar-refractivity contribution in [3.63, 3.8) is 0 Å². The Morgan fingerprint density at radius 1 is 1.27 bits per heavy atom. The summed E-state index contributed by atoms with van der Waals surface area (Å²) in [7, 11) is 0. The highest BCUT2D eigenvalue weighted by Gasteiger charge is 2.19. The van der Waals surface area contributed by atoms with E-state index in [1.165, 1.54) is 0 Å². The Hall–Kier alpha value is -1.31. The van der Waals surface area contributed by atoms with Crippen LogP contribution in [-0.2, 0) is 6.42 Å². The van der Waals surface area contributed by atoms with Crippen LogP contribution < -0.4 is 4.74 Å². The van der Waals surface area contributed by atoms with E-state index < -0.39 is 0 Å². The molecule has 0 unspecified atom stereocenters. The summed E-state index contributed by atoms with van der Waals surface area (Å²) in [6.45, 7) is 2.56.